The zero-order chi connectivity index (χ0) is 13.9. The summed E-state index contributed by atoms with van der Waals surface area (Å²) in [5.41, 5.74) is 1.54. The highest BCUT2D eigenvalue weighted by atomic mass is 79.9. The van der Waals surface area contributed by atoms with Gasteiger partial charge in [-0.3, -0.25) is 0 Å². The van der Waals surface area contributed by atoms with Crippen molar-refractivity contribution >= 4 is 31.9 Å². The van der Waals surface area contributed by atoms with Crippen LogP contribution in [0.15, 0.2) is 22.7 Å². The summed E-state index contributed by atoms with van der Waals surface area (Å²) >= 11 is 7.33. The Morgan fingerprint density at radius 1 is 1.28 bits per heavy atom. The number of methoxy groups -OCH3 is 1. The fourth-order valence-electron chi connectivity index (χ4n) is 1.74. The van der Waals surface area contributed by atoms with Gasteiger partial charge in [-0.2, -0.15) is 0 Å². The maximum Gasteiger partial charge on any atom is 0.123 e. The van der Waals surface area contributed by atoms with E-state index in [0.29, 0.717) is 16.2 Å². The van der Waals surface area contributed by atoms with E-state index in [2.05, 4.69) is 65.6 Å². The Bertz CT molecular complexity index is 396. The van der Waals surface area contributed by atoms with Crippen LogP contribution in [0, 0.1) is 11.3 Å². The van der Waals surface area contributed by atoms with E-state index in [1.807, 2.05) is 12.1 Å². The van der Waals surface area contributed by atoms with Crippen molar-refractivity contribution in [2.75, 3.05) is 7.11 Å². The lowest BCUT2D eigenvalue weighted by Crippen LogP contribution is -2.18. The van der Waals surface area contributed by atoms with Gasteiger partial charge < -0.3 is 4.74 Å². The van der Waals surface area contributed by atoms with Crippen molar-refractivity contribution in [1.29, 1.82) is 0 Å². The molecule has 0 heterocycles. The molecule has 0 aliphatic carbocycles. The van der Waals surface area contributed by atoms with Crippen LogP contribution in [-0.4, -0.2) is 7.11 Å². The monoisotopic (exact) mass is 376 g/mol. The molecule has 0 saturated carbocycles. The summed E-state index contributed by atoms with van der Waals surface area (Å²) in [5, 5.41) is 0. The highest BCUT2D eigenvalue weighted by molar-refractivity contribution is 9.10. The van der Waals surface area contributed by atoms with Gasteiger partial charge in [0.1, 0.15) is 5.75 Å². The van der Waals surface area contributed by atoms with Gasteiger partial charge >= 0.3 is 0 Å². The molecule has 0 N–H and O–H groups in total. The second-order valence-electron chi connectivity index (χ2n) is 5.86. The highest BCUT2D eigenvalue weighted by Crippen LogP contribution is 2.41. The summed E-state index contributed by atoms with van der Waals surface area (Å²) in [6, 6.07) is 6.15. The van der Waals surface area contributed by atoms with Crippen molar-refractivity contribution in [1.82, 2.24) is 0 Å². The van der Waals surface area contributed by atoms with E-state index < -0.39 is 0 Å². The molecule has 2 atom stereocenters. The van der Waals surface area contributed by atoms with Gasteiger partial charge in [-0.15, -0.1) is 0 Å². The van der Waals surface area contributed by atoms with Crippen LogP contribution in [0.1, 0.15) is 44.5 Å². The maximum atomic E-state index is 5.44. The molecule has 18 heavy (non-hydrogen) atoms. The summed E-state index contributed by atoms with van der Waals surface area (Å²) in [5.74, 6) is 1.58. The predicted octanol–water partition coefficient (Wildman–Crippen LogP) is 5.97. The number of hydrogen-bond donors (Lipinski definition) is 0. The fraction of sp³-hybridized carbons (Fsp3) is 0.600. The van der Waals surface area contributed by atoms with E-state index >= 15 is 0 Å². The second-order valence-corrected chi connectivity index (χ2v) is 7.88. The number of halogens is 2. The number of benzene rings is 1. The molecule has 3 heteroatoms. The lowest BCUT2D eigenvalue weighted by atomic mass is 9.79. The third-order valence-corrected chi connectivity index (χ3v) is 4.93. The third-order valence-electron chi connectivity index (χ3n) is 3.57. The molecule has 0 aliphatic rings. The van der Waals surface area contributed by atoms with Crippen LogP contribution in [0.4, 0.5) is 0 Å². The summed E-state index contributed by atoms with van der Waals surface area (Å²) in [4.78, 5) is 0.319. The third kappa shape index (κ3) is 4.27. The first-order valence-electron chi connectivity index (χ1n) is 6.23. The average Bonchev–Trinajstić information content (AvgIpc) is 2.27. The van der Waals surface area contributed by atoms with Gasteiger partial charge in [-0.05, 0) is 36.0 Å². The Kier molecular flexibility index (Phi) is 5.72. The van der Waals surface area contributed by atoms with Crippen LogP contribution in [0.5, 0.6) is 5.75 Å². The molecule has 0 bridgehead atoms. The Morgan fingerprint density at radius 2 is 1.89 bits per heavy atom. The van der Waals surface area contributed by atoms with Crippen molar-refractivity contribution in [2.24, 2.45) is 11.3 Å². The molecule has 0 radical (unpaired) electrons. The molecule has 0 aromatic heterocycles. The van der Waals surface area contributed by atoms with Gasteiger partial charge in [0.25, 0.3) is 0 Å². The minimum atomic E-state index is 0.319. The minimum absolute atomic E-state index is 0.319. The average molecular weight is 378 g/mol. The van der Waals surface area contributed by atoms with Gasteiger partial charge in [0.05, 0.1) is 7.11 Å². The Hall–Kier alpha value is -0.0200. The van der Waals surface area contributed by atoms with Crippen LogP contribution < -0.4 is 4.74 Å². The van der Waals surface area contributed by atoms with Gasteiger partial charge in [0.15, 0.2) is 0 Å². The van der Waals surface area contributed by atoms with Gasteiger partial charge in [-0.1, -0.05) is 59.6 Å². The Labute approximate surface area is 128 Å². The number of ether oxygens (including phenoxy) is 1. The summed E-state index contributed by atoms with van der Waals surface area (Å²) in [6.45, 7) is 9.17. The number of rotatable bonds is 4. The van der Waals surface area contributed by atoms with E-state index in [0.717, 1.165) is 16.6 Å². The lowest BCUT2D eigenvalue weighted by molar-refractivity contribution is 0.246. The highest BCUT2D eigenvalue weighted by Gasteiger charge is 2.24. The second kappa shape index (κ2) is 6.42. The maximum absolute atomic E-state index is 5.44. The van der Waals surface area contributed by atoms with Crippen LogP contribution in [0.2, 0.25) is 0 Å². The molecule has 1 nitrogen and oxygen atoms in total. The van der Waals surface area contributed by atoms with Crippen LogP contribution in [0.25, 0.3) is 0 Å². The molecule has 0 spiro atoms. The molecule has 0 aliphatic heterocycles. The van der Waals surface area contributed by atoms with Crippen molar-refractivity contribution < 1.29 is 4.74 Å². The normalized spacial score (nSPS) is 15.3. The van der Waals surface area contributed by atoms with Crippen molar-refractivity contribution in [3.63, 3.8) is 0 Å². The number of alkyl halides is 1. The zero-order valence-corrected chi connectivity index (χ0v) is 14.9. The molecular weight excluding hydrogens is 356 g/mol. The first kappa shape index (κ1) is 16.0. The molecule has 102 valence electrons. The molecule has 1 rings (SSSR count). The molecular formula is C15H22Br2O. The molecule has 2 unspecified atom stereocenters. The van der Waals surface area contributed by atoms with E-state index in [1.165, 1.54) is 5.56 Å². The molecule has 0 saturated heterocycles. The Morgan fingerprint density at radius 3 is 2.39 bits per heavy atom. The topological polar surface area (TPSA) is 9.23 Å². The summed E-state index contributed by atoms with van der Waals surface area (Å²) in [6.07, 6.45) is 1.09. The number of hydrogen-bond acceptors (Lipinski definition) is 1. The van der Waals surface area contributed by atoms with Gasteiger partial charge in [-0.25, -0.2) is 0 Å². The molecule has 1 aromatic carbocycles. The van der Waals surface area contributed by atoms with E-state index in [4.69, 9.17) is 4.74 Å². The smallest absolute Gasteiger partial charge is 0.123 e. The van der Waals surface area contributed by atoms with Gasteiger partial charge in [0.2, 0.25) is 0 Å². The van der Waals surface area contributed by atoms with E-state index in [9.17, 15) is 0 Å². The van der Waals surface area contributed by atoms with Crippen molar-refractivity contribution in [2.45, 2.75) is 38.9 Å². The predicted molar refractivity (Wildman–Crippen MR) is 85.6 cm³/mol. The van der Waals surface area contributed by atoms with E-state index in [-0.39, 0.29) is 0 Å². The minimum Gasteiger partial charge on any atom is -0.496 e. The van der Waals surface area contributed by atoms with Crippen molar-refractivity contribution in [3.05, 3.63) is 28.2 Å². The SMILES string of the molecule is COc1ccc(Br)cc1C(Br)CC(C)C(C)(C)C. The summed E-state index contributed by atoms with van der Waals surface area (Å²) < 4.78 is 6.53. The first-order valence-corrected chi connectivity index (χ1v) is 7.94. The largest absolute Gasteiger partial charge is 0.496 e. The van der Waals surface area contributed by atoms with Crippen LogP contribution in [-0.2, 0) is 0 Å². The van der Waals surface area contributed by atoms with Crippen molar-refractivity contribution in [3.8, 4) is 5.75 Å². The zero-order valence-electron chi connectivity index (χ0n) is 11.8. The van der Waals surface area contributed by atoms with E-state index in [1.54, 1.807) is 7.11 Å². The summed E-state index contributed by atoms with van der Waals surface area (Å²) in [7, 11) is 1.72. The van der Waals surface area contributed by atoms with Crippen LogP contribution >= 0.6 is 31.9 Å². The quantitative estimate of drug-likeness (QED) is 0.587. The molecule has 1 aromatic rings. The molecule has 0 fully saturated rings. The first-order chi connectivity index (χ1) is 8.25. The van der Waals surface area contributed by atoms with Crippen LogP contribution in [0.3, 0.4) is 0 Å². The standard InChI is InChI=1S/C15H22Br2O/c1-10(15(2,3)4)8-13(17)12-9-11(16)6-7-14(12)18-5/h6-7,9-10,13H,8H2,1-5H3. The fourth-order valence-corrected chi connectivity index (χ4v) is 3.04. The van der Waals surface area contributed by atoms with Gasteiger partial charge in [0, 0.05) is 14.9 Å². The molecule has 0 amide bonds. The lowest BCUT2D eigenvalue weighted by Gasteiger charge is -2.29. The Balaban J connectivity index is 2.90.